The molecular weight excluding hydrogens is 344 g/mol. The van der Waals surface area contributed by atoms with Gasteiger partial charge in [-0.1, -0.05) is 42.0 Å². The molecule has 0 saturated heterocycles. The second-order valence-electron chi connectivity index (χ2n) is 6.02. The van der Waals surface area contributed by atoms with Gasteiger partial charge >= 0.3 is 0 Å². The zero-order valence-electron chi connectivity index (χ0n) is 14.7. The molecule has 132 valence electrons. The van der Waals surface area contributed by atoms with Gasteiger partial charge in [0.25, 0.3) is 11.5 Å². The second-order valence-corrected chi connectivity index (χ2v) is 6.87. The van der Waals surface area contributed by atoms with Crippen LogP contribution in [0, 0.1) is 6.92 Å². The van der Waals surface area contributed by atoms with Gasteiger partial charge in [0.15, 0.2) is 0 Å². The molecule has 1 N–H and O–H groups in total. The van der Waals surface area contributed by atoms with Gasteiger partial charge < -0.3 is 9.88 Å². The Labute approximate surface area is 156 Å². The van der Waals surface area contributed by atoms with Crippen molar-refractivity contribution in [3.63, 3.8) is 0 Å². The van der Waals surface area contributed by atoms with Crippen molar-refractivity contribution in [1.29, 1.82) is 0 Å². The van der Waals surface area contributed by atoms with Crippen molar-refractivity contribution in [3.8, 4) is 0 Å². The molecule has 26 heavy (non-hydrogen) atoms. The Balaban J connectivity index is 1.83. The van der Waals surface area contributed by atoms with Crippen molar-refractivity contribution in [2.24, 2.45) is 0 Å². The number of pyridine rings is 1. The summed E-state index contributed by atoms with van der Waals surface area (Å²) >= 11 is 1.57. The molecule has 0 aliphatic carbocycles. The van der Waals surface area contributed by atoms with Crippen LogP contribution in [0.3, 0.4) is 0 Å². The number of carbonyl (C=O) groups excluding carboxylic acids is 1. The molecule has 0 aliphatic heterocycles. The number of aryl methyl sites for hydroxylation is 1. The van der Waals surface area contributed by atoms with Gasteiger partial charge in [-0.05, 0) is 36.9 Å². The van der Waals surface area contributed by atoms with Crippen molar-refractivity contribution in [2.45, 2.75) is 18.4 Å². The fourth-order valence-electron chi connectivity index (χ4n) is 2.62. The lowest BCUT2D eigenvalue weighted by atomic mass is 10.1. The third kappa shape index (κ3) is 4.24. The minimum absolute atomic E-state index is 0.133. The first-order chi connectivity index (χ1) is 12.6. The summed E-state index contributed by atoms with van der Waals surface area (Å²) in [5.41, 5.74) is 3.27. The summed E-state index contributed by atoms with van der Waals surface area (Å²) in [6.07, 6.45) is 3.58. The number of thioether (sulfide) groups is 1. The van der Waals surface area contributed by atoms with E-state index in [2.05, 4.69) is 5.32 Å². The summed E-state index contributed by atoms with van der Waals surface area (Å²) in [6, 6.07) is 18.6. The molecule has 0 unspecified atom stereocenters. The molecule has 0 atom stereocenters. The van der Waals surface area contributed by atoms with E-state index in [1.165, 1.54) is 11.6 Å². The topological polar surface area (TPSA) is 51.1 Å². The molecule has 4 nitrogen and oxygen atoms in total. The minimum atomic E-state index is -0.232. The molecule has 0 bridgehead atoms. The number of rotatable bonds is 5. The minimum Gasteiger partial charge on any atom is -0.321 e. The molecule has 0 spiro atoms. The Bertz CT molecular complexity index is 978. The number of hydrogen-bond donors (Lipinski definition) is 1. The quantitative estimate of drug-likeness (QED) is 0.691. The normalized spacial score (nSPS) is 10.5. The van der Waals surface area contributed by atoms with Gasteiger partial charge in [0.1, 0.15) is 0 Å². The van der Waals surface area contributed by atoms with E-state index in [9.17, 15) is 9.59 Å². The zero-order chi connectivity index (χ0) is 18.5. The number of amides is 1. The average molecular weight is 364 g/mol. The van der Waals surface area contributed by atoms with Crippen LogP contribution in [0.15, 0.2) is 76.6 Å². The summed E-state index contributed by atoms with van der Waals surface area (Å²) in [6.45, 7) is 2.45. The summed E-state index contributed by atoms with van der Waals surface area (Å²) in [5.74, 6) is -0.232. The third-order valence-electron chi connectivity index (χ3n) is 4.07. The van der Waals surface area contributed by atoms with Crippen LogP contribution in [0.25, 0.3) is 0 Å². The van der Waals surface area contributed by atoms with Gasteiger partial charge in [-0.15, -0.1) is 11.8 Å². The van der Waals surface area contributed by atoms with Crippen molar-refractivity contribution in [2.75, 3.05) is 11.6 Å². The lowest BCUT2D eigenvalue weighted by Gasteiger charge is -2.11. The van der Waals surface area contributed by atoms with Crippen LogP contribution in [0.1, 0.15) is 21.5 Å². The standard InChI is InChI=1S/C21H20N2O2S/c1-15-7-9-16(10-8-15)13-23-14-17(11-12-20(23)24)21(25)22-18-5-3-4-6-19(18)26-2/h3-12,14H,13H2,1-2H3,(H,22,25). The van der Waals surface area contributed by atoms with E-state index in [-0.39, 0.29) is 11.5 Å². The molecule has 1 aromatic heterocycles. The van der Waals surface area contributed by atoms with E-state index in [0.717, 1.165) is 16.1 Å². The van der Waals surface area contributed by atoms with Gasteiger partial charge in [-0.2, -0.15) is 0 Å². The molecule has 2 aromatic carbocycles. The van der Waals surface area contributed by atoms with Gasteiger partial charge in [0.05, 0.1) is 17.8 Å². The van der Waals surface area contributed by atoms with E-state index in [1.54, 1.807) is 28.6 Å². The van der Waals surface area contributed by atoms with Gasteiger partial charge in [-0.25, -0.2) is 0 Å². The molecule has 0 radical (unpaired) electrons. The third-order valence-corrected chi connectivity index (χ3v) is 4.87. The largest absolute Gasteiger partial charge is 0.321 e. The van der Waals surface area contributed by atoms with Crippen LogP contribution >= 0.6 is 11.8 Å². The summed E-state index contributed by atoms with van der Waals surface area (Å²) in [5, 5.41) is 2.92. The first kappa shape index (κ1) is 18.0. The maximum atomic E-state index is 12.6. The molecule has 3 rings (SSSR count). The fourth-order valence-corrected chi connectivity index (χ4v) is 3.18. The Morgan fingerprint density at radius 3 is 2.50 bits per heavy atom. The lowest BCUT2D eigenvalue weighted by Crippen LogP contribution is -2.22. The molecule has 3 aromatic rings. The van der Waals surface area contributed by atoms with E-state index in [4.69, 9.17) is 0 Å². The number of aromatic nitrogens is 1. The maximum absolute atomic E-state index is 12.6. The van der Waals surface area contributed by atoms with Crippen molar-refractivity contribution < 1.29 is 4.79 Å². The smallest absolute Gasteiger partial charge is 0.257 e. The summed E-state index contributed by atoms with van der Waals surface area (Å²) < 4.78 is 1.56. The van der Waals surface area contributed by atoms with E-state index < -0.39 is 0 Å². The first-order valence-electron chi connectivity index (χ1n) is 8.27. The van der Waals surface area contributed by atoms with Gasteiger partial charge in [0, 0.05) is 17.2 Å². The van der Waals surface area contributed by atoms with E-state index >= 15 is 0 Å². The molecule has 5 heteroatoms. The number of benzene rings is 2. The van der Waals surface area contributed by atoms with Crippen molar-refractivity contribution in [3.05, 3.63) is 93.9 Å². The Kier molecular flexibility index (Phi) is 5.58. The van der Waals surface area contributed by atoms with E-state index in [0.29, 0.717) is 12.1 Å². The number of hydrogen-bond acceptors (Lipinski definition) is 3. The predicted octanol–water partition coefficient (Wildman–Crippen LogP) is 4.18. The van der Waals surface area contributed by atoms with Crippen LogP contribution < -0.4 is 10.9 Å². The van der Waals surface area contributed by atoms with Crippen LogP contribution in [-0.4, -0.2) is 16.7 Å². The number of carbonyl (C=O) groups is 1. The molecule has 0 saturated carbocycles. The predicted molar refractivity (Wildman–Crippen MR) is 107 cm³/mol. The monoisotopic (exact) mass is 364 g/mol. The molecule has 0 aliphatic rings. The highest BCUT2D eigenvalue weighted by Crippen LogP contribution is 2.25. The molecule has 0 fully saturated rings. The summed E-state index contributed by atoms with van der Waals surface area (Å²) in [7, 11) is 0. The summed E-state index contributed by atoms with van der Waals surface area (Å²) in [4.78, 5) is 25.8. The van der Waals surface area contributed by atoms with Gasteiger partial charge in [-0.3, -0.25) is 9.59 Å². The first-order valence-corrected chi connectivity index (χ1v) is 9.50. The van der Waals surface area contributed by atoms with Crippen LogP contribution in [0.4, 0.5) is 5.69 Å². The number of anilines is 1. The zero-order valence-corrected chi connectivity index (χ0v) is 15.5. The maximum Gasteiger partial charge on any atom is 0.257 e. The van der Waals surface area contributed by atoms with Crippen LogP contribution in [0.2, 0.25) is 0 Å². The van der Waals surface area contributed by atoms with Crippen LogP contribution in [0.5, 0.6) is 0 Å². The van der Waals surface area contributed by atoms with Crippen molar-refractivity contribution >= 4 is 23.4 Å². The number of para-hydroxylation sites is 1. The van der Waals surface area contributed by atoms with Gasteiger partial charge in [0.2, 0.25) is 0 Å². The lowest BCUT2D eigenvalue weighted by molar-refractivity contribution is 0.102. The SMILES string of the molecule is CSc1ccccc1NC(=O)c1ccc(=O)n(Cc2ccc(C)cc2)c1. The second kappa shape index (κ2) is 8.06. The van der Waals surface area contributed by atoms with E-state index in [1.807, 2.05) is 61.7 Å². The Hall–Kier alpha value is -2.79. The number of nitrogens with zero attached hydrogens (tertiary/aromatic N) is 1. The average Bonchev–Trinajstić information content (AvgIpc) is 2.65. The molecular formula is C21H20N2O2S. The highest BCUT2D eigenvalue weighted by atomic mass is 32.2. The Morgan fingerprint density at radius 2 is 1.77 bits per heavy atom. The molecule has 1 heterocycles. The molecule has 1 amide bonds. The Morgan fingerprint density at radius 1 is 1.04 bits per heavy atom. The fraction of sp³-hybridized carbons (Fsp3) is 0.143. The van der Waals surface area contributed by atoms with Crippen molar-refractivity contribution in [1.82, 2.24) is 4.57 Å². The number of nitrogens with one attached hydrogen (secondary N) is 1. The highest BCUT2D eigenvalue weighted by molar-refractivity contribution is 7.98. The van der Waals surface area contributed by atoms with Crippen LogP contribution in [-0.2, 0) is 6.54 Å². The highest BCUT2D eigenvalue weighted by Gasteiger charge is 2.10.